The lowest BCUT2D eigenvalue weighted by atomic mass is 10.2. The Morgan fingerprint density at radius 1 is 0.848 bits per heavy atom. The van der Waals surface area contributed by atoms with Gasteiger partial charge in [0.05, 0.1) is 6.54 Å². The molecule has 0 radical (unpaired) electrons. The van der Waals surface area contributed by atoms with Gasteiger partial charge in [0.2, 0.25) is 11.8 Å². The first-order valence-electron chi connectivity index (χ1n) is 11.3. The van der Waals surface area contributed by atoms with E-state index in [1.54, 1.807) is 11.8 Å². The molecule has 33 heavy (non-hydrogen) atoms. The molecule has 0 aliphatic rings. The fourth-order valence-electron chi connectivity index (χ4n) is 3.75. The van der Waals surface area contributed by atoms with Crippen molar-refractivity contribution in [3.8, 4) is 0 Å². The molecule has 0 aliphatic heterocycles. The SMILES string of the molecule is CC(Cl)C(=O)N(CC(=O)N(Cc1ccccc1)Cc1cccn1Cc1ccccc1)C(C)C. The number of hydrogen-bond donors (Lipinski definition) is 0. The van der Waals surface area contributed by atoms with Crippen molar-refractivity contribution < 1.29 is 9.59 Å². The van der Waals surface area contributed by atoms with Crippen molar-refractivity contribution in [3.63, 3.8) is 0 Å². The first-order valence-corrected chi connectivity index (χ1v) is 11.7. The quantitative estimate of drug-likeness (QED) is 0.398. The predicted molar refractivity (Wildman–Crippen MR) is 133 cm³/mol. The van der Waals surface area contributed by atoms with E-state index in [0.717, 1.165) is 17.8 Å². The van der Waals surface area contributed by atoms with E-state index in [0.29, 0.717) is 13.1 Å². The fraction of sp³-hybridized carbons (Fsp3) is 0.333. The van der Waals surface area contributed by atoms with Crippen LogP contribution in [0.1, 0.15) is 37.6 Å². The first kappa shape index (κ1) is 24.6. The molecule has 1 atom stereocenters. The molecular formula is C27H32ClN3O2. The molecule has 3 aromatic rings. The van der Waals surface area contributed by atoms with E-state index in [1.807, 2.05) is 85.6 Å². The molecule has 1 aromatic heterocycles. The minimum Gasteiger partial charge on any atom is -0.345 e. The zero-order chi connectivity index (χ0) is 23.8. The normalized spacial score (nSPS) is 11.9. The van der Waals surface area contributed by atoms with Crippen LogP contribution in [0.4, 0.5) is 0 Å². The van der Waals surface area contributed by atoms with E-state index < -0.39 is 5.38 Å². The number of carbonyl (C=O) groups is 2. The number of carbonyl (C=O) groups excluding carboxylic acids is 2. The number of halogens is 1. The number of aromatic nitrogens is 1. The standard InChI is InChI=1S/C27H32ClN3O2/c1-21(2)31(27(33)22(3)28)20-26(32)30(18-24-13-8-5-9-14-24)19-25-15-10-16-29(25)17-23-11-6-4-7-12-23/h4-16,21-22H,17-20H2,1-3H3. The van der Waals surface area contributed by atoms with E-state index >= 15 is 0 Å². The van der Waals surface area contributed by atoms with Gasteiger partial charge in [-0.25, -0.2) is 0 Å². The van der Waals surface area contributed by atoms with Crippen molar-refractivity contribution in [2.75, 3.05) is 6.54 Å². The summed E-state index contributed by atoms with van der Waals surface area (Å²) in [6.07, 6.45) is 2.03. The molecular weight excluding hydrogens is 434 g/mol. The Hall–Kier alpha value is -3.05. The van der Waals surface area contributed by atoms with Crippen molar-refractivity contribution in [3.05, 3.63) is 95.8 Å². The largest absolute Gasteiger partial charge is 0.345 e. The molecule has 0 bridgehead atoms. The van der Waals surface area contributed by atoms with Crippen molar-refractivity contribution in [2.45, 2.75) is 51.8 Å². The highest BCUT2D eigenvalue weighted by Gasteiger charge is 2.26. The van der Waals surface area contributed by atoms with Gasteiger partial charge >= 0.3 is 0 Å². The highest BCUT2D eigenvalue weighted by molar-refractivity contribution is 6.30. The Labute approximate surface area is 201 Å². The molecule has 2 aromatic carbocycles. The lowest BCUT2D eigenvalue weighted by Crippen LogP contribution is -2.47. The molecule has 0 saturated carbocycles. The summed E-state index contributed by atoms with van der Waals surface area (Å²) in [5.41, 5.74) is 3.28. The molecule has 1 heterocycles. The van der Waals surface area contributed by atoms with Crippen LogP contribution in [0.15, 0.2) is 79.0 Å². The van der Waals surface area contributed by atoms with Gasteiger partial charge in [-0.05, 0) is 44.0 Å². The van der Waals surface area contributed by atoms with Gasteiger partial charge in [-0.15, -0.1) is 11.6 Å². The van der Waals surface area contributed by atoms with E-state index in [-0.39, 0.29) is 24.4 Å². The molecule has 174 valence electrons. The van der Waals surface area contributed by atoms with Gasteiger partial charge in [0.1, 0.15) is 11.9 Å². The summed E-state index contributed by atoms with van der Waals surface area (Å²) in [4.78, 5) is 29.4. The predicted octanol–water partition coefficient (Wildman–Crippen LogP) is 4.93. The highest BCUT2D eigenvalue weighted by Crippen LogP contribution is 2.15. The smallest absolute Gasteiger partial charge is 0.242 e. The molecule has 1 unspecified atom stereocenters. The maximum absolute atomic E-state index is 13.5. The number of alkyl halides is 1. The minimum absolute atomic E-state index is 0.000211. The first-order chi connectivity index (χ1) is 15.8. The molecule has 0 N–H and O–H groups in total. The monoisotopic (exact) mass is 465 g/mol. The summed E-state index contributed by atoms with van der Waals surface area (Å²) in [5, 5.41) is -0.675. The average molecular weight is 466 g/mol. The Balaban J connectivity index is 1.82. The number of amides is 2. The molecule has 6 heteroatoms. The lowest BCUT2D eigenvalue weighted by molar-refractivity contribution is -0.142. The Kier molecular flexibility index (Phi) is 8.72. The van der Waals surface area contributed by atoms with Gasteiger partial charge in [0.25, 0.3) is 0 Å². The Morgan fingerprint density at radius 3 is 2.03 bits per heavy atom. The third-order valence-corrected chi connectivity index (χ3v) is 5.78. The summed E-state index contributed by atoms with van der Waals surface area (Å²) in [5.74, 6) is -0.335. The second-order valence-electron chi connectivity index (χ2n) is 8.52. The van der Waals surface area contributed by atoms with Crippen LogP contribution < -0.4 is 0 Å². The van der Waals surface area contributed by atoms with E-state index in [9.17, 15) is 9.59 Å². The van der Waals surface area contributed by atoms with E-state index in [1.165, 1.54) is 5.56 Å². The number of rotatable bonds is 10. The molecule has 5 nitrogen and oxygen atoms in total. The third-order valence-electron chi connectivity index (χ3n) is 5.59. The second kappa shape index (κ2) is 11.7. The molecule has 0 spiro atoms. The zero-order valence-corrected chi connectivity index (χ0v) is 20.3. The average Bonchev–Trinajstić information content (AvgIpc) is 3.24. The number of nitrogens with zero attached hydrogens (tertiary/aromatic N) is 3. The van der Waals surface area contributed by atoms with Gasteiger partial charge in [-0.2, -0.15) is 0 Å². The molecule has 0 aliphatic carbocycles. The van der Waals surface area contributed by atoms with Crippen LogP contribution >= 0.6 is 11.6 Å². The molecule has 0 saturated heterocycles. The summed E-state index contributed by atoms with van der Waals surface area (Å²) in [7, 11) is 0. The number of benzene rings is 2. The van der Waals surface area contributed by atoms with Gasteiger partial charge < -0.3 is 14.4 Å². The van der Waals surface area contributed by atoms with Crippen LogP contribution in [0.2, 0.25) is 0 Å². The molecule has 0 fully saturated rings. The van der Waals surface area contributed by atoms with Gasteiger partial charge in [-0.3, -0.25) is 9.59 Å². The van der Waals surface area contributed by atoms with Gasteiger partial charge in [0, 0.05) is 31.0 Å². The van der Waals surface area contributed by atoms with Gasteiger partial charge in [0.15, 0.2) is 0 Å². The van der Waals surface area contributed by atoms with Crippen LogP contribution in [0.3, 0.4) is 0 Å². The van der Waals surface area contributed by atoms with Crippen LogP contribution in [-0.2, 0) is 29.2 Å². The maximum atomic E-state index is 13.5. The van der Waals surface area contributed by atoms with E-state index in [2.05, 4.69) is 16.7 Å². The summed E-state index contributed by atoms with van der Waals surface area (Å²) in [6.45, 7) is 7.09. The highest BCUT2D eigenvalue weighted by atomic mass is 35.5. The lowest BCUT2D eigenvalue weighted by Gasteiger charge is -2.31. The summed E-state index contributed by atoms with van der Waals surface area (Å²) >= 11 is 6.05. The zero-order valence-electron chi connectivity index (χ0n) is 19.5. The second-order valence-corrected chi connectivity index (χ2v) is 9.18. The van der Waals surface area contributed by atoms with Crippen LogP contribution in [0, 0.1) is 0 Å². The van der Waals surface area contributed by atoms with Crippen molar-refractivity contribution >= 4 is 23.4 Å². The fourth-order valence-corrected chi connectivity index (χ4v) is 3.87. The minimum atomic E-state index is -0.675. The summed E-state index contributed by atoms with van der Waals surface area (Å²) < 4.78 is 2.16. The van der Waals surface area contributed by atoms with Gasteiger partial charge in [-0.1, -0.05) is 60.7 Å². The molecule has 2 amide bonds. The van der Waals surface area contributed by atoms with E-state index in [4.69, 9.17) is 11.6 Å². The third kappa shape index (κ3) is 6.96. The Morgan fingerprint density at radius 2 is 1.45 bits per heavy atom. The summed E-state index contributed by atoms with van der Waals surface area (Å²) in [6, 6.07) is 24.1. The van der Waals surface area contributed by atoms with Crippen LogP contribution in [-0.4, -0.2) is 44.1 Å². The maximum Gasteiger partial charge on any atom is 0.242 e. The number of hydrogen-bond acceptors (Lipinski definition) is 2. The Bertz CT molecular complexity index is 1030. The van der Waals surface area contributed by atoms with Crippen molar-refractivity contribution in [2.24, 2.45) is 0 Å². The van der Waals surface area contributed by atoms with Crippen LogP contribution in [0.25, 0.3) is 0 Å². The topological polar surface area (TPSA) is 45.6 Å². The van der Waals surface area contributed by atoms with Crippen molar-refractivity contribution in [1.82, 2.24) is 14.4 Å². The van der Waals surface area contributed by atoms with Crippen LogP contribution in [0.5, 0.6) is 0 Å². The van der Waals surface area contributed by atoms with Crippen molar-refractivity contribution in [1.29, 1.82) is 0 Å². The molecule has 3 rings (SSSR count).